The van der Waals surface area contributed by atoms with E-state index >= 15 is 0 Å². The van der Waals surface area contributed by atoms with Gasteiger partial charge in [0.1, 0.15) is 6.54 Å². The monoisotopic (exact) mass is 479 g/mol. The zero-order valence-corrected chi connectivity index (χ0v) is 18.5. The van der Waals surface area contributed by atoms with Crippen molar-refractivity contribution in [2.45, 2.75) is 25.7 Å². The number of amides is 1. The summed E-state index contributed by atoms with van der Waals surface area (Å²) in [7, 11) is 3.56. The molecule has 0 aromatic carbocycles. The van der Waals surface area contributed by atoms with Gasteiger partial charge < -0.3 is 19.9 Å². The van der Waals surface area contributed by atoms with E-state index in [2.05, 4.69) is 20.1 Å². The van der Waals surface area contributed by atoms with Gasteiger partial charge in [-0.05, 0) is 24.7 Å². The van der Waals surface area contributed by atoms with Gasteiger partial charge in [0.05, 0.1) is 13.2 Å². The van der Waals surface area contributed by atoms with Crippen LogP contribution in [0.4, 0.5) is 0 Å². The minimum absolute atomic E-state index is 0. The molecule has 1 saturated carbocycles. The van der Waals surface area contributed by atoms with E-state index in [0.29, 0.717) is 5.41 Å². The second-order valence-corrected chi connectivity index (χ2v) is 7.83. The van der Waals surface area contributed by atoms with E-state index in [1.165, 1.54) is 25.7 Å². The lowest BCUT2D eigenvalue weighted by Gasteiger charge is -2.38. The fourth-order valence-corrected chi connectivity index (χ4v) is 3.90. The van der Waals surface area contributed by atoms with Crippen molar-refractivity contribution < 1.29 is 9.53 Å². The summed E-state index contributed by atoms with van der Waals surface area (Å²) >= 11 is 0. The number of guanidine groups is 1. The second kappa shape index (κ2) is 10.1. The number of ether oxygens (including phenoxy) is 1. The van der Waals surface area contributed by atoms with Gasteiger partial charge >= 0.3 is 0 Å². The van der Waals surface area contributed by atoms with Gasteiger partial charge in [-0.1, -0.05) is 6.42 Å². The third-order valence-corrected chi connectivity index (χ3v) is 5.83. The molecule has 1 aliphatic carbocycles. The first-order chi connectivity index (χ1) is 12.1. The van der Waals surface area contributed by atoms with Crippen molar-refractivity contribution in [1.29, 1.82) is 0 Å². The number of likely N-dealkylation sites (N-methyl/N-ethyl adjacent to an activating group) is 1. The van der Waals surface area contributed by atoms with Crippen LogP contribution in [0.3, 0.4) is 0 Å². The van der Waals surface area contributed by atoms with E-state index in [9.17, 15) is 4.79 Å². The summed E-state index contributed by atoms with van der Waals surface area (Å²) in [6, 6.07) is 0. The number of rotatable bonds is 5. The number of hydrogen-bond acceptors (Lipinski definition) is 4. The molecule has 150 valence electrons. The fraction of sp³-hybridized carbons (Fsp3) is 0.889. The van der Waals surface area contributed by atoms with Gasteiger partial charge in [0.15, 0.2) is 5.96 Å². The Morgan fingerprint density at radius 2 is 1.92 bits per heavy atom. The highest BCUT2D eigenvalue weighted by Gasteiger charge is 2.43. The van der Waals surface area contributed by atoms with Crippen LogP contribution in [0.5, 0.6) is 0 Å². The lowest BCUT2D eigenvalue weighted by molar-refractivity contribution is -0.127. The number of halogens is 1. The van der Waals surface area contributed by atoms with E-state index in [0.717, 1.165) is 58.4 Å². The Hall–Kier alpha value is -0.610. The standard InChI is InChI=1S/C18H33N5O2.HI/c1-21(2)16(24)14-20-17(19-7-9-22-10-12-25-13-11-22)23-8-6-18(15-23)4-3-5-18;/h3-15H2,1-2H3,(H,19,20);1H. The van der Waals surface area contributed by atoms with Gasteiger partial charge in [0.25, 0.3) is 0 Å². The first-order valence-corrected chi connectivity index (χ1v) is 9.62. The quantitative estimate of drug-likeness (QED) is 0.360. The van der Waals surface area contributed by atoms with Gasteiger partial charge in [0.2, 0.25) is 5.91 Å². The number of nitrogens with one attached hydrogen (secondary N) is 1. The molecule has 1 spiro atoms. The Labute approximate surface area is 174 Å². The van der Waals surface area contributed by atoms with Crippen LogP contribution in [-0.4, -0.2) is 99.7 Å². The van der Waals surface area contributed by atoms with E-state index in [1.807, 2.05) is 0 Å². The van der Waals surface area contributed by atoms with Gasteiger partial charge in [-0.25, -0.2) is 4.99 Å². The van der Waals surface area contributed by atoms with Gasteiger partial charge in [-0.2, -0.15) is 0 Å². The smallest absolute Gasteiger partial charge is 0.243 e. The van der Waals surface area contributed by atoms with Crippen molar-refractivity contribution in [3.63, 3.8) is 0 Å². The molecular weight excluding hydrogens is 445 g/mol. The molecule has 0 bridgehead atoms. The Morgan fingerprint density at radius 3 is 2.50 bits per heavy atom. The number of hydrogen-bond donors (Lipinski definition) is 1. The molecule has 3 rings (SSSR count). The van der Waals surface area contributed by atoms with Crippen LogP contribution in [0.15, 0.2) is 4.99 Å². The lowest BCUT2D eigenvalue weighted by atomic mass is 9.68. The summed E-state index contributed by atoms with van der Waals surface area (Å²) in [5.41, 5.74) is 0.526. The molecule has 7 nitrogen and oxygen atoms in total. The van der Waals surface area contributed by atoms with Crippen molar-refractivity contribution in [2.75, 3.05) is 73.1 Å². The third-order valence-electron chi connectivity index (χ3n) is 5.83. The number of likely N-dealkylation sites (tertiary alicyclic amines) is 1. The molecular formula is C18H34IN5O2. The van der Waals surface area contributed by atoms with Crippen molar-refractivity contribution in [1.82, 2.24) is 20.0 Å². The summed E-state index contributed by atoms with van der Waals surface area (Å²) < 4.78 is 5.40. The molecule has 2 heterocycles. The van der Waals surface area contributed by atoms with E-state index in [1.54, 1.807) is 19.0 Å². The summed E-state index contributed by atoms with van der Waals surface area (Å²) in [5, 5.41) is 3.51. The number of aliphatic imine (C=N–C) groups is 1. The third kappa shape index (κ3) is 5.69. The highest BCUT2D eigenvalue weighted by molar-refractivity contribution is 14.0. The fourth-order valence-electron chi connectivity index (χ4n) is 3.90. The topological polar surface area (TPSA) is 60.4 Å². The normalized spacial score (nSPS) is 22.7. The molecule has 0 aromatic heterocycles. The molecule has 26 heavy (non-hydrogen) atoms. The number of carbonyl (C=O) groups is 1. The number of nitrogens with zero attached hydrogens (tertiary/aromatic N) is 4. The number of carbonyl (C=O) groups excluding carboxylic acids is 1. The number of morpholine rings is 1. The maximum atomic E-state index is 11.9. The first kappa shape index (κ1) is 21.7. The van der Waals surface area contributed by atoms with Crippen molar-refractivity contribution in [2.24, 2.45) is 10.4 Å². The molecule has 0 aromatic rings. The Kier molecular flexibility index (Phi) is 8.41. The minimum Gasteiger partial charge on any atom is -0.379 e. The highest BCUT2D eigenvalue weighted by Crippen LogP contribution is 2.47. The van der Waals surface area contributed by atoms with Crippen LogP contribution >= 0.6 is 24.0 Å². The summed E-state index contributed by atoms with van der Waals surface area (Å²) in [6.07, 6.45) is 5.32. The molecule has 1 N–H and O–H groups in total. The van der Waals surface area contributed by atoms with Gasteiger partial charge in [0, 0.05) is 53.4 Å². The maximum absolute atomic E-state index is 11.9. The zero-order valence-electron chi connectivity index (χ0n) is 16.2. The van der Waals surface area contributed by atoms with Crippen LogP contribution < -0.4 is 5.32 Å². The summed E-state index contributed by atoms with van der Waals surface area (Å²) in [6.45, 7) is 7.87. The van der Waals surface area contributed by atoms with Crippen molar-refractivity contribution >= 4 is 35.8 Å². The zero-order chi connectivity index (χ0) is 17.7. The molecule has 3 fully saturated rings. The van der Waals surface area contributed by atoms with Crippen LogP contribution in [0.1, 0.15) is 25.7 Å². The van der Waals surface area contributed by atoms with E-state index in [-0.39, 0.29) is 36.4 Å². The van der Waals surface area contributed by atoms with Crippen molar-refractivity contribution in [3.8, 4) is 0 Å². The molecule has 8 heteroatoms. The lowest BCUT2D eigenvalue weighted by Crippen LogP contribution is -2.46. The predicted molar refractivity (Wildman–Crippen MR) is 114 cm³/mol. The molecule has 0 atom stereocenters. The van der Waals surface area contributed by atoms with Crippen LogP contribution in [-0.2, 0) is 9.53 Å². The summed E-state index contributed by atoms with van der Waals surface area (Å²) in [4.78, 5) is 22.9. The second-order valence-electron chi connectivity index (χ2n) is 7.83. The average molecular weight is 479 g/mol. The van der Waals surface area contributed by atoms with Crippen LogP contribution in [0.2, 0.25) is 0 Å². The van der Waals surface area contributed by atoms with Crippen LogP contribution in [0.25, 0.3) is 0 Å². The molecule has 3 aliphatic rings. The molecule has 0 radical (unpaired) electrons. The van der Waals surface area contributed by atoms with Crippen molar-refractivity contribution in [3.05, 3.63) is 0 Å². The highest BCUT2D eigenvalue weighted by atomic mass is 127. The predicted octanol–water partition coefficient (Wildman–Crippen LogP) is 0.846. The van der Waals surface area contributed by atoms with Crippen LogP contribution in [0, 0.1) is 5.41 Å². The Balaban J connectivity index is 0.00000243. The minimum atomic E-state index is 0. The maximum Gasteiger partial charge on any atom is 0.243 e. The Bertz CT molecular complexity index is 490. The van der Waals surface area contributed by atoms with Gasteiger partial charge in [-0.15, -0.1) is 24.0 Å². The summed E-state index contributed by atoms with van der Waals surface area (Å²) in [5.74, 6) is 0.956. The van der Waals surface area contributed by atoms with Gasteiger partial charge in [-0.3, -0.25) is 9.69 Å². The molecule has 0 unspecified atom stereocenters. The van der Waals surface area contributed by atoms with E-state index in [4.69, 9.17) is 4.74 Å². The molecule has 2 saturated heterocycles. The molecule has 1 amide bonds. The van der Waals surface area contributed by atoms with E-state index < -0.39 is 0 Å². The Morgan fingerprint density at radius 1 is 1.19 bits per heavy atom. The first-order valence-electron chi connectivity index (χ1n) is 9.62. The largest absolute Gasteiger partial charge is 0.379 e. The average Bonchev–Trinajstić information content (AvgIpc) is 3.04. The molecule has 2 aliphatic heterocycles. The SMILES string of the molecule is CN(C)C(=O)CN=C(NCCN1CCOCC1)N1CCC2(CCC2)C1.I.